The highest BCUT2D eigenvalue weighted by atomic mass is 16.4. The second-order valence-electron chi connectivity index (χ2n) is 5.69. The maximum Gasteiger partial charge on any atom is 0.319 e. The molecule has 5 heteroatoms. The van der Waals surface area contributed by atoms with E-state index in [1.54, 1.807) is 0 Å². The molecule has 1 aliphatic rings. The zero-order valence-electron chi connectivity index (χ0n) is 12.3. The Morgan fingerprint density at radius 3 is 2.57 bits per heavy atom. The van der Waals surface area contributed by atoms with Gasteiger partial charge in [0.05, 0.1) is 12.0 Å². The number of carbonyl (C=O) groups is 2. The number of hydrogen-bond acceptors (Lipinski definition) is 2. The summed E-state index contributed by atoms with van der Waals surface area (Å²) in [5.41, 5.74) is 1.31. The first kappa shape index (κ1) is 15.4. The van der Waals surface area contributed by atoms with Gasteiger partial charge < -0.3 is 15.7 Å². The van der Waals surface area contributed by atoms with E-state index in [2.05, 4.69) is 17.6 Å². The van der Waals surface area contributed by atoms with E-state index in [0.717, 1.165) is 43.4 Å². The number of carbonyl (C=O) groups excluding carboxylic acids is 1. The summed E-state index contributed by atoms with van der Waals surface area (Å²) in [6.45, 7) is 2.09. The van der Waals surface area contributed by atoms with Crippen molar-refractivity contribution in [3.63, 3.8) is 0 Å². The highest BCUT2D eigenvalue weighted by Crippen LogP contribution is 2.35. The maximum atomic E-state index is 12.1. The normalized spacial score (nSPS) is 15.9. The van der Waals surface area contributed by atoms with Crippen LogP contribution in [0.5, 0.6) is 0 Å². The Morgan fingerprint density at radius 1 is 1.29 bits per heavy atom. The van der Waals surface area contributed by atoms with Crippen molar-refractivity contribution in [2.45, 2.75) is 51.0 Å². The quantitative estimate of drug-likeness (QED) is 0.753. The van der Waals surface area contributed by atoms with Crippen molar-refractivity contribution in [1.29, 1.82) is 0 Å². The molecule has 1 fully saturated rings. The first-order valence-corrected chi connectivity index (χ1v) is 7.43. The van der Waals surface area contributed by atoms with Crippen LogP contribution in [0.2, 0.25) is 0 Å². The number of amides is 2. The lowest BCUT2D eigenvalue weighted by molar-refractivity contribution is -0.139. The van der Waals surface area contributed by atoms with E-state index in [1.807, 2.05) is 24.3 Å². The maximum absolute atomic E-state index is 12.1. The predicted molar refractivity (Wildman–Crippen MR) is 81.4 cm³/mol. The minimum Gasteiger partial charge on any atom is -0.481 e. The molecule has 0 saturated heterocycles. The number of aliphatic carboxylic acids is 1. The van der Waals surface area contributed by atoms with Crippen LogP contribution in [0.15, 0.2) is 24.3 Å². The number of hydrogen-bond donors (Lipinski definition) is 3. The number of nitrogens with one attached hydrogen (secondary N) is 2. The summed E-state index contributed by atoms with van der Waals surface area (Å²) >= 11 is 0. The lowest BCUT2D eigenvalue weighted by atomic mass is 9.74. The summed E-state index contributed by atoms with van der Waals surface area (Å²) in [6.07, 6.45) is 4.30. The fourth-order valence-corrected chi connectivity index (χ4v) is 2.76. The lowest BCUT2D eigenvalue weighted by Crippen LogP contribution is -2.55. The molecule has 1 saturated carbocycles. The molecule has 0 unspecified atom stereocenters. The summed E-state index contributed by atoms with van der Waals surface area (Å²) in [5.74, 6) is -0.874. The molecule has 5 nitrogen and oxygen atoms in total. The topological polar surface area (TPSA) is 78.4 Å². The Morgan fingerprint density at radius 2 is 2.00 bits per heavy atom. The number of benzene rings is 1. The van der Waals surface area contributed by atoms with E-state index in [0.29, 0.717) is 0 Å². The molecule has 0 heterocycles. The smallest absolute Gasteiger partial charge is 0.319 e. The van der Waals surface area contributed by atoms with Crippen molar-refractivity contribution in [2.75, 3.05) is 5.32 Å². The van der Waals surface area contributed by atoms with E-state index in [4.69, 9.17) is 5.11 Å². The van der Waals surface area contributed by atoms with E-state index in [-0.39, 0.29) is 12.5 Å². The van der Waals surface area contributed by atoms with Gasteiger partial charge in [-0.05, 0) is 37.3 Å². The summed E-state index contributed by atoms with van der Waals surface area (Å²) in [7, 11) is 0. The van der Waals surface area contributed by atoms with Crippen molar-refractivity contribution in [2.24, 2.45) is 0 Å². The standard InChI is InChI=1S/C16H22N2O3/c1-2-6-12-7-3-4-8-13(12)17-15(21)18-16(9-5-10-16)11-14(19)20/h3-4,7-8H,2,5-6,9-11H2,1H3,(H,19,20)(H2,17,18,21). The van der Waals surface area contributed by atoms with Crippen LogP contribution in [0.1, 0.15) is 44.6 Å². The van der Waals surface area contributed by atoms with Crippen LogP contribution in [-0.2, 0) is 11.2 Å². The van der Waals surface area contributed by atoms with E-state index in [9.17, 15) is 9.59 Å². The van der Waals surface area contributed by atoms with Crippen LogP contribution in [0.25, 0.3) is 0 Å². The summed E-state index contributed by atoms with van der Waals surface area (Å²) in [4.78, 5) is 23.1. The summed E-state index contributed by atoms with van der Waals surface area (Å²) in [5, 5.41) is 14.7. The van der Waals surface area contributed by atoms with Gasteiger partial charge in [0.25, 0.3) is 0 Å². The first-order valence-electron chi connectivity index (χ1n) is 7.43. The van der Waals surface area contributed by atoms with Gasteiger partial charge in [-0.15, -0.1) is 0 Å². The molecule has 3 N–H and O–H groups in total. The third-order valence-corrected chi connectivity index (χ3v) is 3.96. The van der Waals surface area contributed by atoms with Crippen LogP contribution in [0.4, 0.5) is 10.5 Å². The molecule has 0 bridgehead atoms. The minimum atomic E-state index is -0.874. The first-order chi connectivity index (χ1) is 10.0. The molecule has 2 amide bonds. The molecule has 114 valence electrons. The zero-order chi connectivity index (χ0) is 15.3. The number of para-hydroxylation sites is 1. The van der Waals surface area contributed by atoms with Gasteiger partial charge in [0.15, 0.2) is 0 Å². The second-order valence-corrected chi connectivity index (χ2v) is 5.69. The average Bonchev–Trinajstić information content (AvgIpc) is 2.38. The van der Waals surface area contributed by atoms with Crippen molar-refractivity contribution < 1.29 is 14.7 Å². The molecular formula is C16H22N2O3. The van der Waals surface area contributed by atoms with Gasteiger partial charge in [-0.25, -0.2) is 4.79 Å². The van der Waals surface area contributed by atoms with E-state index in [1.165, 1.54) is 0 Å². The van der Waals surface area contributed by atoms with Gasteiger partial charge in [0.1, 0.15) is 0 Å². The lowest BCUT2D eigenvalue weighted by Gasteiger charge is -2.41. The fraction of sp³-hybridized carbons (Fsp3) is 0.500. The third-order valence-electron chi connectivity index (χ3n) is 3.96. The molecule has 1 aliphatic carbocycles. The van der Waals surface area contributed by atoms with E-state index >= 15 is 0 Å². The highest BCUT2D eigenvalue weighted by molar-refractivity contribution is 5.91. The zero-order valence-corrected chi connectivity index (χ0v) is 12.3. The average molecular weight is 290 g/mol. The Kier molecular flexibility index (Phi) is 4.83. The number of rotatable bonds is 6. The number of urea groups is 1. The Balaban J connectivity index is 2.00. The van der Waals surface area contributed by atoms with Crippen molar-refractivity contribution in [3.05, 3.63) is 29.8 Å². The van der Waals surface area contributed by atoms with Crippen LogP contribution in [-0.4, -0.2) is 22.6 Å². The van der Waals surface area contributed by atoms with Gasteiger partial charge in [-0.3, -0.25) is 4.79 Å². The van der Waals surface area contributed by atoms with Crippen molar-refractivity contribution in [1.82, 2.24) is 5.32 Å². The molecule has 1 aromatic carbocycles. The number of anilines is 1. The molecule has 0 atom stereocenters. The van der Waals surface area contributed by atoms with Gasteiger partial charge >= 0.3 is 12.0 Å². The fourth-order valence-electron chi connectivity index (χ4n) is 2.76. The Hall–Kier alpha value is -2.04. The van der Waals surface area contributed by atoms with Gasteiger partial charge in [0.2, 0.25) is 0 Å². The molecule has 2 rings (SSSR count). The van der Waals surface area contributed by atoms with Crippen LogP contribution >= 0.6 is 0 Å². The molecular weight excluding hydrogens is 268 g/mol. The molecule has 21 heavy (non-hydrogen) atoms. The SMILES string of the molecule is CCCc1ccccc1NC(=O)NC1(CC(=O)O)CCC1. The predicted octanol–water partition coefficient (Wildman–Crippen LogP) is 3.16. The molecule has 0 radical (unpaired) electrons. The van der Waals surface area contributed by atoms with Crippen molar-refractivity contribution in [3.8, 4) is 0 Å². The largest absolute Gasteiger partial charge is 0.481 e. The Labute approximate surface area is 124 Å². The second kappa shape index (κ2) is 6.61. The van der Waals surface area contributed by atoms with Gasteiger partial charge in [-0.1, -0.05) is 31.5 Å². The van der Waals surface area contributed by atoms with Crippen LogP contribution in [0.3, 0.4) is 0 Å². The van der Waals surface area contributed by atoms with Gasteiger partial charge in [0, 0.05) is 5.69 Å². The third kappa shape index (κ3) is 3.97. The van der Waals surface area contributed by atoms with Gasteiger partial charge in [-0.2, -0.15) is 0 Å². The molecule has 0 spiro atoms. The summed E-state index contributed by atoms with van der Waals surface area (Å²) < 4.78 is 0. The monoisotopic (exact) mass is 290 g/mol. The Bertz CT molecular complexity index is 524. The molecule has 0 aromatic heterocycles. The number of carboxylic acids is 1. The summed E-state index contributed by atoms with van der Waals surface area (Å²) in [6, 6.07) is 7.38. The molecule has 1 aromatic rings. The highest BCUT2D eigenvalue weighted by Gasteiger charge is 2.40. The van der Waals surface area contributed by atoms with E-state index < -0.39 is 11.5 Å². The number of aryl methyl sites for hydroxylation is 1. The minimum absolute atomic E-state index is 0.0168. The van der Waals surface area contributed by atoms with Crippen molar-refractivity contribution >= 4 is 17.7 Å². The number of carboxylic acid groups (broad SMARTS) is 1. The van der Waals surface area contributed by atoms with Crippen LogP contribution in [0, 0.1) is 0 Å². The van der Waals surface area contributed by atoms with Crippen LogP contribution < -0.4 is 10.6 Å². The molecule has 0 aliphatic heterocycles.